The molecule has 0 atom stereocenters. The molecule has 0 bridgehead atoms. The Balaban J connectivity index is 2.05. The largest absolute Gasteiger partial charge is 0.468 e. The number of hydrogen-bond donors (Lipinski definition) is 0. The summed E-state index contributed by atoms with van der Waals surface area (Å²) in [6, 6.07) is 15.2. The molecule has 1 heterocycles. The number of aryl methyl sites for hydroxylation is 1. The van der Waals surface area contributed by atoms with E-state index in [0.717, 1.165) is 11.1 Å². The molecule has 0 spiro atoms. The molecule has 2 aromatic carbocycles. The molecule has 0 unspecified atom stereocenters. The van der Waals surface area contributed by atoms with Crippen LogP contribution in [0.25, 0.3) is 10.9 Å². The van der Waals surface area contributed by atoms with Crippen LogP contribution >= 0.6 is 11.8 Å². The Morgan fingerprint density at radius 3 is 2.60 bits per heavy atom. The molecule has 25 heavy (non-hydrogen) atoms. The van der Waals surface area contributed by atoms with Crippen molar-refractivity contribution in [2.75, 3.05) is 12.9 Å². The fourth-order valence-corrected chi connectivity index (χ4v) is 3.29. The van der Waals surface area contributed by atoms with Gasteiger partial charge in [-0.2, -0.15) is 0 Å². The van der Waals surface area contributed by atoms with Crippen LogP contribution in [0.4, 0.5) is 0 Å². The summed E-state index contributed by atoms with van der Waals surface area (Å²) < 4.78 is 6.30. The zero-order valence-corrected chi connectivity index (χ0v) is 14.9. The molecule has 128 valence electrons. The van der Waals surface area contributed by atoms with E-state index in [0.29, 0.717) is 22.6 Å². The summed E-state index contributed by atoms with van der Waals surface area (Å²) in [5, 5.41) is 1.08. The molecule has 0 saturated carbocycles. The first-order valence-electron chi connectivity index (χ1n) is 7.83. The number of nitrogens with zero attached hydrogens (tertiary/aromatic N) is 2. The lowest BCUT2D eigenvalue weighted by molar-refractivity contribution is -0.137. The van der Waals surface area contributed by atoms with E-state index in [-0.39, 0.29) is 17.3 Å². The van der Waals surface area contributed by atoms with E-state index in [4.69, 9.17) is 0 Å². The minimum atomic E-state index is -0.353. The number of carbonyl (C=O) groups is 1. The van der Waals surface area contributed by atoms with E-state index < -0.39 is 0 Å². The lowest BCUT2D eigenvalue weighted by Gasteiger charge is -2.13. The van der Waals surface area contributed by atoms with Gasteiger partial charge in [-0.3, -0.25) is 14.2 Å². The molecule has 0 amide bonds. The van der Waals surface area contributed by atoms with Crippen molar-refractivity contribution < 1.29 is 9.53 Å². The van der Waals surface area contributed by atoms with Crippen LogP contribution in [0.2, 0.25) is 0 Å². The smallest absolute Gasteiger partial charge is 0.316 e. The molecule has 0 saturated heterocycles. The maximum Gasteiger partial charge on any atom is 0.316 e. The first-order chi connectivity index (χ1) is 12.1. The van der Waals surface area contributed by atoms with E-state index in [1.54, 1.807) is 16.7 Å². The molecule has 5 nitrogen and oxygen atoms in total. The van der Waals surface area contributed by atoms with E-state index in [2.05, 4.69) is 9.72 Å². The Labute approximate surface area is 149 Å². The van der Waals surface area contributed by atoms with Gasteiger partial charge in [0, 0.05) is 0 Å². The van der Waals surface area contributed by atoms with E-state index in [1.165, 1.54) is 18.9 Å². The van der Waals surface area contributed by atoms with Gasteiger partial charge in [0.25, 0.3) is 5.56 Å². The number of rotatable bonds is 5. The highest BCUT2D eigenvalue weighted by Crippen LogP contribution is 2.19. The highest BCUT2D eigenvalue weighted by atomic mass is 32.2. The third-order valence-corrected chi connectivity index (χ3v) is 4.78. The zero-order valence-electron chi connectivity index (χ0n) is 14.1. The van der Waals surface area contributed by atoms with Crippen molar-refractivity contribution in [2.45, 2.75) is 18.6 Å². The molecule has 3 aromatic rings. The number of aromatic nitrogens is 2. The highest BCUT2D eigenvalue weighted by Gasteiger charge is 2.13. The number of thioether (sulfide) groups is 1. The van der Waals surface area contributed by atoms with Crippen LogP contribution < -0.4 is 5.56 Å². The molecule has 1 aromatic heterocycles. The van der Waals surface area contributed by atoms with Crippen molar-refractivity contribution in [3.8, 4) is 0 Å². The second-order valence-electron chi connectivity index (χ2n) is 5.65. The molecule has 0 fully saturated rings. The average molecular weight is 354 g/mol. The van der Waals surface area contributed by atoms with Crippen LogP contribution in [-0.2, 0) is 16.1 Å². The van der Waals surface area contributed by atoms with E-state index in [1.807, 2.05) is 43.3 Å². The summed E-state index contributed by atoms with van der Waals surface area (Å²) in [6.07, 6.45) is 0. The molecule has 0 radical (unpaired) electrons. The van der Waals surface area contributed by atoms with Gasteiger partial charge in [0.05, 0.1) is 30.3 Å². The standard InChI is InChI=1S/C19H18N2O3S/c1-13-7-9-14(10-8-13)11-21-18(23)15-5-3-4-6-16(15)20-19(21)25-12-17(22)24-2/h3-10H,11-12H2,1-2H3. The predicted molar refractivity (Wildman–Crippen MR) is 99.0 cm³/mol. The van der Waals surface area contributed by atoms with Gasteiger partial charge in [-0.25, -0.2) is 4.98 Å². The van der Waals surface area contributed by atoms with Gasteiger partial charge < -0.3 is 4.74 Å². The predicted octanol–water partition coefficient (Wildman–Crippen LogP) is 3.02. The van der Waals surface area contributed by atoms with Crippen molar-refractivity contribution in [1.29, 1.82) is 0 Å². The Hall–Kier alpha value is -2.60. The first kappa shape index (κ1) is 17.2. The number of hydrogen-bond acceptors (Lipinski definition) is 5. The second-order valence-corrected chi connectivity index (χ2v) is 6.60. The van der Waals surface area contributed by atoms with Gasteiger partial charge >= 0.3 is 5.97 Å². The zero-order chi connectivity index (χ0) is 17.8. The number of para-hydroxylation sites is 1. The lowest BCUT2D eigenvalue weighted by Crippen LogP contribution is -2.24. The number of fused-ring (bicyclic) bond motifs is 1. The summed E-state index contributed by atoms with van der Waals surface area (Å²) in [6.45, 7) is 2.42. The van der Waals surface area contributed by atoms with Crippen molar-refractivity contribution in [3.63, 3.8) is 0 Å². The minimum Gasteiger partial charge on any atom is -0.468 e. The quantitative estimate of drug-likeness (QED) is 0.400. The van der Waals surface area contributed by atoms with E-state index >= 15 is 0 Å². The molecule has 0 N–H and O–H groups in total. The van der Waals surface area contributed by atoms with Gasteiger partial charge in [0.1, 0.15) is 0 Å². The maximum atomic E-state index is 12.9. The summed E-state index contributed by atoms with van der Waals surface area (Å²) in [5.74, 6) is -0.246. The number of ether oxygens (including phenoxy) is 1. The van der Waals surface area contributed by atoms with Crippen molar-refractivity contribution in [2.24, 2.45) is 0 Å². The summed E-state index contributed by atoms with van der Waals surface area (Å²) >= 11 is 1.21. The van der Waals surface area contributed by atoms with E-state index in [9.17, 15) is 9.59 Å². The lowest BCUT2D eigenvalue weighted by atomic mass is 10.1. The van der Waals surface area contributed by atoms with Crippen LogP contribution in [0.5, 0.6) is 0 Å². The van der Waals surface area contributed by atoms with Crippen molar-refractivity contribution in [1.82, 2.24) is 9.55 Å². The topological polar surface area (TPSA) is 61.2 Å². The van der Waals surface area contributed by atoms with Crippen LogP contribution in [-0.4, -0.2) is 28.4 Å². The monoisotopic (exact) mass is 354 g/mol. The van der Waals surface area contributed by atoms with Crippen LogP contribution in [0.15, 0.2) is 58.5 Å². The van der Waals surface area contributed by atoms with Gasteiger partial charge in [0.2, 0.25) is 0 Å². The highest BCUT2D eigenvalue weighted by molar-refractivity contribution is 7.99. The minimum absolute atomic E-state index is 0.106. The van der Waals surface area contributed by atoms with Gasteiger partial charge in [-0.05, 0) is 24.6 Å². The van der Waals surface area contributed by atoms with Crippen molar-refractivity contribution in [3.05, 3.63) is 70.0 Å². The SMILES string of the molecule is COC(=O)CSc1nc2ccccc2c(=O)n1Cc1ccc(C)cc1. The third-order valence-electron chi connectivity index (χ3n) is 3.83. The van der Waals surface area contributed by atoms with Gasteiger partial charge in [-0.1, -0.05) is 53.7 Å². The number of methoxy groups -OCH3 is 1. The molecular weight excluding hydrogens is 336 g/mol. The maximum absolute atomic E-state index is 12.9. The fraction of sp³-hybridized carbons (Fsp3) is 0.211. The Morgan fingerprint density at radius 2 is 1.88 bits per heavy atom. The average Bonchev–Trinajstić information content (AvgIpc) is 2.64. The second kappa shape index (κ2) is 7.53. The van der Waals surface area contributed by atoms with Crippen molar-refractivity contribution >= 4 is 28.6 Å². The number of carbonyl (C=O) groups excluding carboxylic acids is 1. The van der Waals surface area contributed by atoms with Crippen LogP contribution in [0.1, 0.15) is 11.1 Å². The van der Waals surface area contributed by atoms with Gasteiger partial charge in [0.15, 0.2) is 5.16 Å². The molecular formula is C19H18N2O3S. The Morgan fingerprint density at radius 1 is 1.16 bits per heavy atom. The molecule has 0 aliphatic carbocycles. The number of esters is 1. The summed E-state index contributed by atoms with van der Waals surface area (Å²) in [4.78, 5) is 29.0. The first-order valence-corrected chi connectivity index (χ1v) is 8.82. The molecule has 3 rings (SSSR count). The fourth-order valence-electron chi connectivity index (χ4n) is 2.46. The Bertz CT molecular complexity index is 965. The molecule has 0 aliphatic rings. The molecule has 6 heteroatoms. The summed E-state index contributed by atoms with van der Waals surface area (Å²) in [7, 11) is 1.34. The summed E-state index contributed by atoms with van der Waals surface area (Å²) in [5.41, 5.74) is 2.68. The normalized spacial score (nSPS) is 10.8. The number of benzene rings is 2. The Kier molecular flexibility index (Phi) is 5.19. The third kappa shape index (κ3) is 3.91. The van der Waals surface area contributed by atoms with Gasteiger partial charge in [-0.15, -0.1) is 0 Å². The van der Waals surface area contributed by atoms with Crippen LogP contribution in [0, 0.1) is 6.92 Å². The molecule has 0 aliphatic heterocycles. The van der Waals surface area contributed by atoms with Crippen LogP contribution in [0.3, 0.4) is 0 Å².